The van der Waals surface area contributed by atoms with E-state index in [1.807, 2.05) is 38.4 Å². The van der Waals surface area contributed by atoms with Gasteiger partial charge in [0.05, 0.1) is 18.8 Å². The molecule has 0 radical (unpaired) electrons. The van der Waals surface area contributed by atoms with E-state index in [2.05, 4.69) is 31.6 Å². The summed E-state index contributed by atoms with van der Waals surface area (Å²) in [6.45, 7) is 0. The second-order valence-electron chi connectivity index (χ2n) is 3.85. The second kappa shape index (κ2) is 5.49. The van der Waals surface area contributed by atoms with Crippen molar-refractivity contribution in [3.8, 4) is 5.75 Å². The zero-order valence-electron chi connectivity index (χ0n) is 10.5. The van der Waals surface area contributed by atoms with E-state index in [-0.39, 0.29) is 6.04 Å². The van der Waals surface area contributed by atoms with E-state index in [1.54, 1.807) is 11.8 Å². The summed E-state index contributed by atoms with van der Waals surface area (Å²) in [7, 11) is 5.44. The van der Waals surface area contributed by atoms with E-state index < -0.39 is 0 Å². The normalized spacial score (nSPS) is 12.4. The summed E-state index contributed by atoms with van der Waals surface area (Å²) < 4.78 is 7.88. The van der Waals surface area contributed by atoms with Crippen molar-refractivity contribution in [1.29, 1.82) is 0 Å². The van der Waals surface area contributed by atoms with Gasteiger partial charge in [-0.05, 0) is 29.0 Å². The zero-order valence-corrected chi connectivity index (χ0v) is 12.1. The van der Waals surface area contributed by atoms with Crippen LogP contribution >= 0.6 is 15.9 Å². The molecule has 2 aromatic rings. The molecule has 1 aromatic carbocycles. The maximum atomic E-state index is 5.40. The number of rotatable bonds is 4. The molecule has 0 aliphatic carbocycles. The molecule has 5 nitrogen and oxygen atoms in total. The quantitative estimate of drug-likeness (QED) is 0.937. The molecule has 0 saturated heterocycles. The van der Waals surface area contributed by atoms with Gasteiger partial charge in [-0.15, -0.1) is 5.10 Å². The second-order valence-corrected chi connectivity index (χ2v) is 4.60. The van der Waals surface area contributed by atoms with Gasteiger partial charge in [0, 0.05) is 12.6 Å². The minimum Gasteiger partial charge on any atom is -0.496 e. The number of nitrogens with zero attached hydrogens (tertiary/aromatic N) is 3. The molecular formula is C12H15BrN4O. The summed E-state index contributed by atoms with van der Waals surface area (Å²) in [5, 5.41) is 11.3. The topological polar surface area (TPSA) is 52.0 Å². The minimum absolute atomic E-state index is 0.0319. The van der Waals surface area contributed by atoms with E-state index in [4.69, 9.17) is 4.74 Å². The highest BCUT2D eigenvalue weighted by molar-refractivity contribution is 9.10. The van der Waals surface area contributed by atoms with Gasteiger partial charge in [-0.25, -0.2) is 4.68 Å². The number of methoxy groups -OCH3 is 1. The van der Waals surface area contributed by atoms with Crippen LogP contribution in [0.1, 0.15) is 17.3 Å². The average Bonchev–Trinajstić information content (AvgIpc) is 2.72. The molecule has 0 aliphatic heterocycles. The highest BCUT2D eigenvalue weighted by Crippen LogP contribution is 2.31. The molecule has 0 spiro atoms. The first kappa shape index (κ1) is 13.0. The van der Waals surface area contributed by atoms with Crippen LogP contribution in [0.5, 0.6) is 5.75 Å². The molecular weight excluding hydrogens is 296 g/mol. The van der Waals surface area contributed by atoms with Gasteiger partial charge in [0.1, 0.15) is 5.75 Å². The maximum absolute atomic E-state index is 5.40. The molecule has 1 atom stereocenters. The lowest BCUT2D eigenvalue weighted by Crippen LogP contribution is -2.21. The van der Waals surface area contributed by atoms with Crippen LogP contribution in [0.2, 0.25) is 0 Å². The smallest absolute Gasteiger partial charge is 0.153 e. The molecule has 1 N–H and O–H groups in total. The molecule has 0 fully saturated rings. The number of benzene rings is 1. The van der Waals surface area contributed by atoms with Crippen molar-refractivity contribution in [3.63, 3.8) is 0 Å². The number of para-hydroxylation sites is 1. The molecule has 0 saturated carbocycles. The fraction of sp³-hybridized carbons (Fsp3) is 0.333. The third kappa shape index (κ3) is 2.26. The Kier molecular flexibility index (Phi) is 3.98. The van der Waals surface area contributed by atoms with Crippen LogP contribution in [-0.2, 0) is 7.05 Å². The van der Waals surface area contributed by atoms with Crippen molar-refractivity contribution in [2.24, 2.45) is 7.05 Å². The Morgan fingerprint density at radius 1 is 1.39 bits per heavy atom. The summed E-state index contributed by atoms with van der Waals surface area (Å²) in [4.78, 5) is 0. The Hall–Kier alpha value is -1.40. The third-order valence-corrected chi connectivity index (χ3v) is 3.40. The number of nitrogens with one attached hydrogen (secondary N) is 1. The predicted octanol–water partition coefficient (Wildman–Crippen LogP) is 1.89. The van der Waals surface area contributed by atoms with Gasteiger partial charge in [0.2, 0.25) is 0 Å². The highest BCUT2D eigenvalue weighted by Gasteiger charge is 2.22. The van der Waals surface area contributed by atoms with E-state index in [0.29, 0.717) is 0 Å². The van der Waals surface area contributed by atoms with Gasteiger partial charge < -0.3 is 10.1 Å². The molecule has 0 aliphatic rings. The summed E-state index contributed by atoms with van der Waals surface area (Å²) >= 11 is 3.43. The van der Waals surface area contributed by atoms with Crippen molar-refractivity contribution < 1.29 is 4.74 Å². The fourth-order valence-corrected chi connectivity index (χ4v) is 2.55. The lowest BCUT2D eigenvalue weighted by Gasteiger charge is -2.19. The lowest BCUT2D eigenvalue weighted by atomic mass is 10.0. The first-order chi connectivity index (χ1) is 8.69. The number of aromatic nitrogens is 3. The summed E-state index contributed by atoms with van der Waals surface area (Å²) in [6.07, 6.45) is 0. The Morgan fingerprint density at radius 2 is 2.11 bits per heavy atom. The predicted molar refractivity (Wildman–Crippen MR) is 72.6 cm³/mol. The van der Waals surface area contributed by atoms with Crippen LogP contribution in [0.25, 0.3) is 0 Å². The van der Waals surface area contributed by atoms with Gasteiger partial charge in [0.15, 0.2) is 4.60 Å². The standard InChI is InChI=1S/C12H15BrN4O/c1-14-10(11-12(13)15-16-17(11)2)8-6-4-5-7-9(8)18-3/h4-7,10,14H,1-3H3. The van der Waals surface area contributed by atoms with Crippen LogP contribution in [0.4, 0.5) is 0 Å². The van der Waals surface area contributed by atoms with Gasteiger partial charge in [-0.3, -0.25) is 0 Å². The molecule has 1 heterocycles. The van der Waals surface area contributed by atoms with Crippen LogP contribution in [0.3, 0.4) is 0 Å². The fourth-order valence-electron chi connectivity index (χ4n) is 1.99. The monoisotopic (exact) mass is 310 g/mol. The molecule has 96 valence electrons. The highest BCUT2D eigenvalue weighted by atomic mass is 79.9. The molecule has 6 heteroatoms. The molecule has 0 bridgehead atoms. The Balaban J connectivity index is 2.52. The van der Waals surface area contributed by atoms with E-state index in [0.717, 1.165) is 21.6 Å². The van der Waals surface area contributed by atoms with Crippen LogP contribution < -0.4 is 10.1 Å². The number of hydrogen-bond acceptors (Lipinski definition) is 4. The SMILES string of the molecule is CNC(c1ccccc1OC)c1c(Br)nnn1C. The first-order valence-electron chi connectivity index (χ1n) is 5.54. The van der Waals surface area contributed by atoms with Crippen LogP contribution in [-0.4, -0.2) is 29.2 Å². The minimum atomic E-state index is -0.0319. The number of halogens is 1. The first-order valence-corrected chi connectivity index (χ1v) is 6.33. The van der Waals surface area contributed by atoms with Crippen molar-refractivity contribution in [3.05, 3.63) is 40.1 Å². The van der Waals surface area contributed by atoms with Gasteiger partial charge in [-0.1, -0.05) is 23.4 Å². The molecule has 18 heavy (non-hydrogen) atoms. The Morgan fingerprint density at radius 3 is 2.67 bits per heavy atom. The Bertz CT molecular complexity index is 521. The van der Waals surface area contributed by atoms with Gasteiger partial charge in [-0.2, -0.15) is 0 Å². The third-order valence-electron chi connectivity index (χ3n) is 2.84. The summed E-state index contributed by atoms with van der Waals surface area (Å²) in [6, 6.07) is 7.87. The van der Waals surface area contributed by atoms with Crippen molar-refractivity contribution in [1.82, 2.24) is 20.3 Å². The zero-order chi connectivity index (χ0) is 13.1. The molecule has 0 amide bonds. The van der Waals surface area contributed by atoms with E-state index in [1.165, 1.54) is 0 Å². The largest absolute Gasteiger partial charge is 0.496 e. The van der Waals surface area contributed by atoms with Gasteiger partial charge in [0.25, 0.3) is 0 Å². The van der Waals surface area contributed by atoms with Crippen LogP contribution in [0.15, 0.2) is 28.9 Å². The van der Waals surface area contributed by atoms with E-state index >= 15 is 0 Å². The lowest BCUT2D eigenvalue weighted by molar-refractivity contribution is 0.404. The molecule has 2 rings (SSSR count). The number of ether oxygens (including phenoxy) is 1. The number of hydrogen-bond donors (Lipinski definition) is 1. The average molecular weight is 311 g/mol. The van der Waals surface area contributed by atoms with Crippen molar-refractivity contribution in [2.45, 2.75) is 6.04 Å². The number of aryl methyl sites for hydroxylation is 1. The van der Waals surface area contributed by atoms with Crippen molar-refractivity contribution >= 4 is 15.9 Å². The summed E-state index contributed by atoms with van der Waals surface area (Å²) in [5.41, 5.74) is 2.01. The van der Waals surface area contributed by atoms with Crippen molar-refractivity contribution in [2.75, 3.05) is 14.2 Å². The van der Waals surface area contributed by atoms with E-state index in [9.17, 15) is 0 Å². The molecule has 1 aromatic heterocycles. The van der Waals surface area contributed by atoms with Gasteiger partial charge >= 0.3 is 0 Å². The molecule has 1 unspecified atom stereocenters. The van der Waals surface area contributed by atoms with Crippen LogP contribution in [0, 0.1) is 0 Å². The maximum Gasteiger partial charge on any atom is 0.153 e. The Labute approximate surface area is 114 Å². The summed E-state index contributed by atoms with van der Waals surface area (Å²) in [5.74, 6) is 0.838.